The Bertz CT molecular complexity index is 303. The van der Waals surface area contributed by atoms with Crippen LogP contribution in [-0.2, 0) is 0 Å². The number of allylic oxidation sites excluding steroid dienone is 1. The summed E-state index contributed by atoms with van der Waals surface area (Å²) in [7, 11) is 0. The van der Waals surface area contributed by atoms with Crippen LogP contribution in [0.15, 0.2) is 36.4 Å². The average Bonchev–Trinajstić information content (AvgIpc) is 2.17. The van der Waals surface area contributed by atoms with Gasteiger partial charge in [0, 0.05) is 0 Å². The summed E-state index contributed by atoms with van der Waals surface area (Å²) < 4.78 is 0. The van der Waals surface area contributed by atoms with Crippen molar-refractivity contribution in [2.75, 3.05) is 0 Å². The summed E-state index contributed by atoms with van der Waals surface area (Å²) in [6, 6.07) is 8.52. The zero-order valence-electron chi connectivity index (χ0n) is 8.30. The highest BCUT2D eigenvalue weighted by Crippen LogP contribution is 2.27. The van der Waals surface area contributed by atoms with Gasteiger partial charge in [-0.05, 0) is 24.4 Å². The van der Waals surface area contributed by atoms with Gasteiger partial charge in [0.05, 0.1) is 0 Å². The van der Waals surface area contributed by atoms with Crippen LogP contribution in [0.2, 0.25) is 6.04 Å². The lowest BCUT2D eigenvalue weighted by atomic mass is 10.2. The van der Waals surface area contributed by atoms with Crippen molar-refractivity contribution in [2.45, 2.75) is 18.9 Å². The molecule has 0 spiro atoms. The Balaban J connectivity index is 2.24. The molecule has 4 heteroatoms. The molecule has 1 aromatic carbocycles. The maximum atomic E-state index is 5.77. The smallest absolute Gasteiger partial charge is 0.126 e. The molecule has 0 aliphatic heterocycles. The van der Waals surface area contributed by atoms with Gasteiger partial charge in [0.15, 0.2) is 0 Å². The number of halogens is 3. The molecule has 0 aliphatic rings. The molecule has 15 heavy (non-hydrogen) atoms. The summed E-state index contributed by atoms with van der Waals surface area (Å²) in [4.78, 5) is 0. The molecule has 0 heterocycles. The van der Waals surface area contributed by atoms with Gasteiger partial charge in [-0.15, -0.1) is 33.2 Å². The molecule has 0 aromatic heterocycles. The van der Waals surface area contributed by atoms with Crippen LogP contribution < -0.4 is 0 Å². The number of hydrogen-bond donors (Lipinski definition) is 0. The number of hydrogen-bond acceptors (Lipinski definition) is 0. The molecule has 0 radical (unpaired) electrons. The molecule has 1 rings (SSSR count). The molecule has 0 atom stereocenters. The van der Waals surface area contributed by atoms with Crippen LogP contribution in [0, 0.1) is 0 Å². The van der Waals surface area contributed by atoms with Gasteiger partial charge in [0.2, 0.25) is 0 Å². The molecule has 0 nitrogen and oxygen atoms in total. The summed E-state index contributed by atoms with van der Waals surface area (Å²) in [5.41, 5.74) is 1.21. The van der Waals surface area contributed by atoms with Gasteiger partial charge in [-0.1, -0.05) is 42.5 Å². The van der Waals surface area contributed by atoms with E-state index in [9.17, 15) is 0 Å². The molecule has 0 bridgehead atoms. The highest BCUT2D eigenvalue weighted by atomic mass is 35.8. The van der Waals surface area contributed by atoms with E-state index in [-0.39, 0.29) is 0 Å². The first-order chi connectivity index (χ1) is 7.08. The van der Waals surface area contributed by atoms with Crippen molar-refractivity contribution < 1.29 is 0 Å². The van der Waals surface area contributed by atoms with Crippen LogP contribution in [0.3, 0.4) is 0 Å². The van der Waals surface area contributed by atoms with E-state index in [4.69, 9.17) is 33.2 Å². The van der Waals surface area contributed by atoms with E-state index < -0.39 is 6.00 Å². The Morgan fingerprint density at radius 1 is 1.07 bits per heavy atom. The number of rotatable bonds is 5. The Morgan fingerprint density at radius 3 is 2.33 bits per heavy atom. The van der Waals surface area contributed by atoms with Crippen LogP contribution >= 0.6 is 33.2 Å². The highest BCUT2D eigenvalue weighted by Gasteiger charge is 2.23. The first-order valence-electron chi connectivity index (χ1n) is 4.86. The normalized spacial score (nSPS) is 12.2. The topological polar surface area (TPSA) is 0 Å². The van der Waals surface area contributed by atoms with Gasteiger partial charge in [-0.3, -0.25) is 0 Å². The first-order valence-corrected chi connectivity index (χ1v) is 10.1. The van der Waals surface area contributed by atoms with Gasteiger partial charge < -0.3 is 0 Å². The fourth-order valence-electron chi connectivity index (χ4n) is 1.20. The third kappa shape index (κ3) is 7.02. The van der Waals surface area contributed by atoms with Gasteiger partial charge in [-0.2, -0.15) is 0 Å². The van der Waals surface area contributed by atoms with E-state index in [0.29, 0.717) is 0 Å². The zero-order chi connectivity index (χ0) is 11.1. The first kappa shape index (κ1) is 13.1. The fourth-order valence-corrected chi connectivity index (χ4v) is 3.01. The highest BCUT2D eigenvalue weighted by molar-refractivity contribution is 7.64. The second kappa shape index (κ2) is 6.59. The van der Waals surface area contributed by atoms with Crippen LogP contribution in [-0.4, -0.2) is 6.00 Å². The molecule has 82 valence electrons. The van der Waals surface area contributed by atoms with Gasteiger partial charge in [0.1, 0.15) is 0 Å². The Kier molecular flexibility index (Phi) is 5.76. The van der Waals surface area contributed by atoms with Crippen LogP contribution in [0.4, 0.5) is 0 Å². The van der Waals surface area contributed by atoms with Crippen molar-refractivity contribution in [1.82, 2.24) is 0 Å². The quantitative estimate of drug-likeness (QED) is 0.398. The summed E-state index contributed by atoms with van der Waals surface area (Å²) in [5.74, 6) is 0. The van der Waals surface area contributed by atoms with Crippen LogP contribution in [0.25, 0.3) is 6.08 Å². The van der Waals surface area contributed by atoms with E-state index in [2.05, 4.69) is 24.3 Å². The fraction of sp³-hybridized carbons (Fsp3) is 0.273. The molecule has 0 saturated heterocycles. The van der Waals surface area contributed by atoms with Crippen LogP contribution in [0.1, 0.15) is 18.4 Å². The lowest BCUT2D eigenvalue weighted by molar-refractivity contribution is 0.953. The van der Waals surface area contributed by atoms with E-state index in [1.807, 2.05) is 18.2 Å². The van der Waals surface area contributed by atoms with Crippen molar-refractivity contribution >= 4 is 45.3 Å². The summed E-state index contributed by atoms with van der Waals surface area (Å²) in [5, 5.41) is 0. The van der Waals surface area contributed by atoms with E-state index in [1.165, 1.54) is 5.56 Å². The average molecular weight is 280 g/mol. The molecule has 0 N–H and O–H groups in total. The zero-order valence-corrected chi connectivity index (χ0v) is 11.6. The van der Waals surface area contributed by atoms with Crippen molar-refractivity contribution in [3.05, 3.63) is 42.0 Å². The molecule has 1 aromatic rings. The molecular formula is C11H13Cl3Si. The third-order valence-electron chi connectivity index (χ3n) is 1.94. The Labute approximate surface area is 106 Å². The van der Waals surface area contributed by atoms with E-state index >= 15 is 0 Å². The minimum absolute atomic E-state index is 0.733. The second-order valence-corrected chi connectivity index (χ2v) is 12.6. The SMILES string of the molecule is Cl[Si](Cl)(Cl)CCCC=Cc1ccccc1. The van der Waals surface area contributed by atoms with Crippen LogP contribution in [0.5, 0.6) is 0 Å². The molecule has 0 aliphatic carbocycles. The molecular weight excluding hydrogens is 267 g/mol. The molecule has 0 saturated carbocycles. The van der Waals surface area contributed by atoms with E-state index in [0.717, 1.165) is 18.9 Å². The Hall–Kier alpha value is 0.0469. The van der Waals surface area contributed by atoms with Crippen molar-refractivity contribution in [1.29, 1.82) is 0 Å². The monoisotopic (exact) mass is 278 g/mol. The molecule has 0 amide bonds. The van der Waals surface area contributed by atoms with Crippen molar-refractivity contribution in [3.63, 3.8) is 0 Å². The standard InChI is InChI=1S/C11H13Cl3Si/c12-15(13,14)10-6-2-5-9-11-7-3-1-4-8-11/h1,3-5,7-9H,2,6,10H2. The molecule has 0 fully saturated rings. The second-order valence-electron chi connectivity index (χ2n) is 3.32. The maximum Gasteiger partial charge on any atom is 0.341 e. The summed E-state index contributed by atoms with van der Waals surface area (Å²) >= 11 is 17.3. The van der Waals surface area contributed by atoms with Gasteiger partial charge >= 0.3 is 6.00 Å². The minimum atomic E-state index is -2.40. The van der Waals surface area contributed by atoms with Gasteiger partial charge in [-0.25, -0.2) is 0 Å². The van der Waals surface area contributed by atoms with Crippen molar-refractivity contribution in [2.24, 2.45) is 0 Å². The van der Waals surface area contributed by atoms with Crippen molar-refractivity contribution in [3.8, 4) is 0 Å². The molecule has 0 unspecified atom stereocenters. The summed E-state index contributed by atoms with van der Waals surface area (Å²) in [6.45, 7) is 0. The lowest BCUT2D eigenvalue weighted by Crippen LogP contribution is -2.07. The minimum Gasteiger partial charge on any atom is -0.126 e. The van der Waals surface area contributed by atoms with E-state index in [1.54, 1.807) is 0 Å². The summed E-state index contributed by atoms with van der Waals surface area (Å²) in [6.07, 6.45) is 6.14. The lowest BCUT2D eigenvalue weighted by Gasteiger charge is -2.04. The number of benzene rings is 1. The number of unbranched alkanes of at least 4 members (excludes halogenated alkanes) is 1. The third-order valence-corrected chi connectivity index (χ3v) is 4.56. The predicted octanol–water partition coefficient (Wildman–Crippen LogP) is 5.14. The Morgan fingerprint density at radius 2 is 1.73 bits per heavy atom. The largest absolute Gasteiger partial charge is 0.341 e. The maximum absolute atomic E-state index is 5.77. The van der Waals surface area contributed by atoms with Gasteiger partial charge in [0.25, 0.3) is 0 Å². The predicted molar refractivity (Wildman–Crippen MR) is 72.8 cm³/mol.